The second-order valence-corrected chi connectivity index (χ2v) is 6.43. The summed E-state index contributed by atoms with van der Waals surface area (Å²) in [6, 6.07) is 4.84. The molecule has 1 amide bonds. The maximum atomic E-state index is 12.3. The van der Waals surface area contributed by atoms with Gasteiger partial charge in [0, 0.05) is 4.88 Å². The van der Waals surface area contributed by atoms with Crippen LogP contribution in [0.15, 0.2) is 38.1 Å². The molecule has 0 spiro atoms. The number of nitrogens with one attached hydrogen (secondary N) is 1. The minimum absolute atomic E-state index is 0.0213. The lowest BCUT2D eigenvalue weighted by Gasteiger charge is -2.05. The summed E-state index contributed by atoms with van der Waals surface area (Å²) < 4.78 is 15.9. The number of thiophene rings is 1. The minimum Gasteiger partial charge on any atom is -0.462 e. The van der Waals surface area contributed by atoms with Crippen molar-refractivity contribution < 1.29 is 23.2 Å². The van der Waals surface area contributed by atoms with Gasteiger partial charge in [0.2, 0.25) is 5.91 Å². The molecule has 26 heavy (non-hydrogen) atoms. The molecule has 0 radical (unpaired) electrons. The molecule has 136 valence electrons. The van der Waals surface area contributed by atoms with Gasteiger partial charge in [0.1, 0.15) is 11.5 Å². The van der Waals surface area contributed by atoms with E-state index in [1.807, 2.05) is 0 Å². The second-order valence-electron chi connectivity index (χ2n) is 5.18. The lowest BCUT2D eigenvalue weighted by molar-refractivity contribution is -0.117. The Morgan fingerprint density at radius 2 is 2.23 bits per heavy atom. The molecule has 9 nitrogen and oxygen atoms in total. The zero-order valence-corrected chi connectivity index (χ0v) is 14.8. The molecule has 10 heteroatoms. The lowest BCUT2D eigenvalue weighted by Crippen LogP contribution is -2.26. The van der Waals surface area contributed by atoms with Gasteiger partial charge in [-0.3, -0.25) is 4.79 Å². The molecular formula is C16H15N3O6S. The third-order valence-electron chi connectivity index (χ3n) is 3.24. The van der Waals surface area contributed by atoms with Crippen molar-refractivity contribution in [2.24, 2.45) is 0 Å². The molecule has 0 aliphatic carbocycles. The summed E-state index contributed by atoms with van der Waals surface area (Å²) in [7, 11) is 0. The smallest absolute Gasteiger partial charge is 0.437 e. The predicted molar refractivity (Wildman–Crippen MR) is 92.1 cm³/mol. The molecule has 3 rings (SSSR count). The average molecular weight is 377 g/mol. The Morgan fingerprint density at radius 1 is 1.42 bits per heavy atom. The number of hydrogen-bond acceptors (Lipinski definition) is 8. The fraction of sp³-hybridized carbons (Fsp3) is 0.250. The van der Waals surface area contributed by atoms with Crippen molar-refractivity contribution in [1.82, 2.24) is 9.78 Å². The summed E-state index contributed by atoms with van der Waals surface area (Å²) in [6.07, 6.45) is 1.41. The number of aromatic nitrogens is 2. The number of amides is 1. The molecule has 1 N–H and O–H groups in total. The van der Waals surface area contributed by atoms with Crippen molar-refractivity contribution in [1.29, 1.82) is 0 Å². The molecule has 0 bridgehead atoms. The summed E-state index contributed by atoms with van der Waals surface area (Å²) in [5.41, 5.74) is 0.270. The fourth-order valence-electron chi connectivity index (χ4n) is 2.18. The predicted octanol–water partition coefficient (Wildman–Crippen LogP) is 2.28. The number of nitrogens with zero attached hydrogens (tertiary/aromatic N) is 2. The van der Waals surface area contributed by atoms with Crippen LogP contribution in [-0.4, -0.2) is 28.3 Å². The van der Waals surface area contributed by atoms with Gasteiger partial charge in [-0.2, -0.15) is 4.68 Å². The van der Waals surface area contributed by atoms with Gasteiger partial charge in [-0.25, -0.2) is 9.59 Å². The summed E-state index contributed by atoms with van der Waals surface area (Å²) in [4.78, 5) is 36.9. The van der Waals surface area contributed by atoms with Gasteiger partial charge in [0.25, 0.3) is 5.89 Å². The van der Waals surface area contributed by atoms with Crippen LogP contribution < -0.4 is 11.1 Å². The molecule has 3 aromatic heterocycles. The zero-order chi connectivity index (χ0) is 18.7. The lowest BCUT2D eigenvalue weighted by atomic mass is 10.3. The van der Waals surface area contributed by atoms with Crippen molar-refractivity contribution in [3.63, 3.8) is 0 Å². The molecule has 3 aromatic rings. The Hall–Kier alpha value is -3.14. The SMILES string of the molecule is CCOC(=O)c1cc(C)sc1NC(=O)Cn1nc(-c2ccco2)oc1=O. The normalized spacial score (nSPS) is 10.7. The molecule has 3 heterocycles. The van der Waals surface area contributed by atoms with Crippen LogP contribution in [0, 0.1) is 6.92 Å². The van der Waals surface area contributed by atoms with Crippen LogP contribution in [-0.2, 0) is 16.1 Å². The van der Waals surface area contributed by atoms with Gasteiger partial charge < -0.3 is 18.9 Å². The van der Waals surface area contributed by atoms with E-state index in [0.717, 1.165) is 9.56 Å². The first-order chi connectivity index (χ1) is 12.5. The number of esters is 1. The largest absolute Gasteiger partial charge is 0.462 e. The number of carbonyl (C=O) groups excluding carboxylic acids is 2. The van der Waals surface area contributed by atoms with Gasteiger partial charge in [0.15, 0.2) is 5.76 Å². The highest BCUT2D eigenvalue weighted by atomic mass is 32.1. The molecule has 0 unspecified atom stereocenters. The Kier molecular flexibility index (Phi) is 5.03. The van der Waals surface area contributed by atoms with E-state index in [2.05, 4.69) is 10.4 Å². The van der Waals surface area contributed by atoms with Gasteiger partial charge in [-0.1, -0.05) is 0 Å². The highest BCUT2D eigenvalue weighted by Crippen LogP contribution is 2.28. The Morgan fingerprint density at radius 3 is 2.92 bits per heavy atom. The quantitative estimate of drug-likeness (QED) is 0.655. The topological polar surface area (TPSA) is 117 Å². The van der Waals surface area contributed by atoms with Gasteiger partial charge >= 0.3 is 11.7 Å². The summed E-state index contributed by atoms with van der Waals surface area (Å²) >= 11 is 1.24. The fourth-order valence-corrected chi connectivity index (χ4v) is 3.09. The van der Waals surface area contributed by atoms with Crippen LogP contribution in [0.25, 0.3) is 11.7 Å². The number of hydrogen-bond donors (Lipinski definition) is 1. The number of anilines is 1. The van der Waals surface area contributed by atoms with Gasteiger partial charge in [0.05, 0.1) is 18.4 Å². The number of rotatable bonds is 6. The second kappa shape index (κ2) is 7.40. The van der Waals surface area contributed by atoms with Crippen LogP contribution in [0.4, 0.5) is 5.00 Å². The molecule has 0 atom stereocenters. The van der Waals surface area contributed by atoms with E-state index in [4.69, 9.17) is 13.6 Å². The van der Waals surface area contributed by atoms with E-state index < -0.39 is 17.6 Å². The standard InChI is InChI=1S/C16H15N3O6S/c1-3-23-15(21)10-7-9(2)26-14(10)17-12(20)8-19-16(22)25-13(18-19)11-5-4-6-24-11/h4-7H,3,8H2,1-2H3,(H,17,20). The van der Waals surface area contributed by atoms with E-state index in [9.17, 15) is 14.4 Å². The molecule has 0 aliphatic rings. The third-order valence-corrected chi connectivity index (χ3v) is 4.20. The van der Waals surface area contributed by atoms with Crippen LogP contribution >= 0.6 is 11.3 Å². The minimum atomic E-state index is -0.792. The number of aryl methyl sites for hydroxylation is 1. The highest BCUT2D eigenvalue weighted by molar-refractivity contribution is 7.16. The van der Waals surface area contributed by atoms with E-state index in [1.165, 1.54) is 17.6 Å². The molecule has 0 aromatic carbocycles. The maximum absolute atomic E-state index is 12.3. The van der Waals surface area contributed by atoms with Crippen LogP contribution in [0.2, 0.25) is 0 Å². The van der Waals surface area contributed by atoms with E-state index in [0.29, 0.717) is 5.00 Å². The van der Waals surface area contributed by atoms with E-state index >= 15 is 0 Å². The van der Waals surface area contributed by atoms with Crippen molar-refractivity contribution in [3.8, 4) is 11.7 Å². The molecule has 0 saturated heterocycles. The number of ether oxygens (including phenoxy) is 1. The Balaban J connectivity index is 1.74. The van der Waals surface area contributed by atoms with Crippen molar-refractivity contribution in [2.45, 2.75) is 20.4 Å². The van der Waals surface area contributed by atoms with Gasteiger partial charge in [-0.05, 0) is 32.0 Å². The first kappa shape index (κ1) is 17.7. The summed E-state index contributed by atoms with van der Waals surface area (Å²) in [5, 5.41) is 6.88. The average Bonchev–Trinajstić information content (AvgIpc) is 3.29. The number of carbonyl (C=O) groups is 2. The number of furan rings is 1. The van der Waals surface area contributed by atoms with Gasteiger partial charge in [-0.15, -0.1) is 16.4 Å². The van der Waals surface area contributed by atoms with Crippen molar-refractivity contribution in [3.05, 3.63) is 45.5 Å². The van der Waals surface area contributed by atoms with Crippen LogP contribution in [0.5, 0.6) is 0 Å². The van der Waals surface area contributed by atoms with Crippen molar-refractivity contribution in [2.75, 3.05) is 11.9 Å². The molecule has 0 aliphatic heterocycles. The van der Waals surface area contributed by atoms with Crippen LogP contribution in [0.3, 0.4) is 0 Å². The molecule has 0 saturated carbocycles. The summed E-state index contributed by atoms with van der Waals surface area (Å²) in [6.45, 7) is 3.36. The highest BCUT2D eigenvalue weighted by Gasteiger charge is 2.20. The maximum Gasteiger partial charge on any atom is 0.437 e. The van der Waals surface area contributed by atoms with Crippen LogP contribution in [0.1, 0.15) is 22.2 Å². The zero-order valence-electron chi connectivity index (χ0n) is 14.0. The Bertz CT molecular complexity index is 982. The van der Waals surface area contributed by atoms with E-state index in [-0.39, 0.29) is 30.4 Å². The molecule has 0 fully saturated rings. The van der Waals surface area contributed by atoms with Crippen molar-refractivity contribution >= 4 is 28.2 Å². The molecular weight excluding hydrogens is 362 g/mol. The monoisotopic (exact) mass is 377 g/mol. The third kappa shape index (κ3) is 3.75. The summed E-state index contributed by atoms with van der Waals surface area (Å²) in [5.74, 6) is -1.59. The first-order valence-electron chi connectivity index (χ1n) is 7.67. The first-order valence-corrected chi connectivity index (χ1v) is 8.48. The Labute approximate surface area is 151 Å². The van der Waals surface area contributed by atoms with E-state index in [1.54, 1.807) is 32.0 Å².